The summed E-state index contributed by atoms with van der Waals surface area (Å²) in [5.41, 5.74) is 1.81. The van der Waals surface area contributed by atoms with E-state index in [9.17, 15) is 18.0 Å². The van der Waals surface area contributed by atoms with Crippen LogP contribution in [0, 0.1) is 0 Å². The highest BCUT2D eigenvalue weighted by molar-refractivity contribution is 7.89. The van der Waals surface area contributed by atoms with Crippen molar-refractivity contribution in [2.45, 2.75) is 17.4 Å². The minimum Gasteiger partial charge on any atom is -0.408 e. The SMILES string of the molecule is Cn1c(=O)oc2cc(S(=O)(=O)N[C@H](Cc3ccccc3)C(=O)Nc3cccc(Cl)c3)ccc21. The molecule has 0 saturated heterocycles. The molecular formula is C23H20ClN3O5S. The number of benzene rings is 3. The minimum atomic E-state index is -4.13. The zero-order valence-electron chi connectivity index (χ0n) is 17.5. The van der Waals surface area contributed by atoms with Gasteiger partial charge in [0.15, 0.2) is 5.58 Å². The quantitative estimate of drug-likeness (QED) is 0.417. The van der Waals surface area contributed by atoms with Crippen LogP contribution in [-0.2, 0) is 28.3 Å². The fraction of sp³-hybridized carbons (Fsp3) is 0.130. The second-order valence-corrected chi connectivity index (χ2v) is 9.57. The van der Waals surface area contributed by atoms with Crippen LogP contribution in [0.2, 0.25) is 5.02 Å². The molecule has 0 radical (unpaired) electrons. The van der Waals surface area contributed by atoms with E-state index >= 15 is 0 Å². The Bertz CT molecular complexity index is 1480. The van der Waals surface area contributed by atoms with Crippen molar-refractivity contribution in [3.05, 3.63) is 93.9 Å². The Morgan fingerprint density at radius 2 is 1.82 bits per heavy atom. The van der Waals surface area contributed by atoms with E-state index in [0.717, 1.165) is 5.56 Å². The fourth-order valence-electron chi connectivity index (χ4n) is 3.37. The first kappa shape index (κ1) is 22.8. The van der Waals surface area contributed by atoms with E-state index in [2.05, 4.69) is 10.0 Å². The number of aromatic nitrogens is 1. The van der Waals surface area contributed by atoms with Crippen molar-refractivity contribution < 1.29 is 17.6 Å². The molecule has 0 bridgehead atoms. The second kappa shape index (κ2) is 9.22. The van der Waals surface area contributed by atoms with Crippen molar-refractivity contribution >= 4 is 44.3 Å². The molecule has 3 aromatic carbocycles. The maximum absolute atomic E-state index is 13.1. The first-order valence-electron chi connectivity index (χ1n) is 9.95. The highest BCUT2D eigenvalue weighted by Crippen LogP contribution is 2.20. The lowest BCUT2D eigenvalue weighted by molar-refractivity contribution is -0.117. The molecule has 8 nitrogen and oxygen atoms in total. The standard InChI is InChI=1S/C23H20ClN3O5S/c1-27-20-11-10-18(14-21(20)32-23(27)29)33(30,31)26-19(12-15-6-3-2-4-7-15)22(28)25-17-9-5-8-16(24)13-17/h2-11,13-14,19,26H,12H2,1H3,(H,25,28)/t19-/m1/s1. The van der Waals surface area contributed by atoms with E-state index in [1.54, 1.807) is 48.5 Å². The van der Waals surface area contributed by atoms with E-state index < -0.39 is 27.7 Å². The summed E-state index contributed by atoms with van der Waals surface area (Å²) in [7, 11) is -2.60. The van der Waals surface area contributed by atoms with Gasteiger partial charge in [0.1, 0.15) is 6.04 Å². The Labute approximate surface area is 194 Å². The van der Waals surface area contributed by atoms with Gasteiger partial charge in [-0.1, -0.05) is 48.0 Å². The lowest BCUT2D eigenvalue weighted by atomic mass is 10.1. The van der Waals surface area contributed by atoms with Crippen LogP contribution >= 0.6 is 11.6 Å². The highest BCUT2D eigenvalue weighted by Gasteiger charge is 2.27. The van der Waals surface area contributed by atoms with Crippen LogP contribution in [0.1, 0.15) is 5.56 Å². The highest BCUT2D eigenvalue weighted by atomic mass is 35.5. The van der Waals surface area contributed by atoms with Gasteiger partial charge in [0.25, 0.3) is 0 Å². The van der Waals surface area contributed by atoms with Crippen molar-refractivity contribution in [1.82, 2.24) is 9.29 Å². The van der Waals surface area contributed by atoms with E-state index in [-0.39, 0.29) is 16.9 Å². The van der Waals surface area contributed by atoms with Crippen LogP contribution in [-0.4, -0.2) is 24.9 Å². The second-order valence-electron chi connectivity index (χ2n) is 7.42. The number of oxazole rings is 1. The van der Waals surface area contributed by atoms with E-state index in [1.807, 2.05) is 6.07 Å². The fourth-order valence-corrected chi connectivity index (χ4v) is 4.77. The summed E-state index contributed by atoms with van der Waals surface area (Å²) in [6, 6.07) is 18.6. The molecule has 1 heterocycles. The number of nitrogens with zero attached hydrogens (tertiary/aromatic N) is 1. The van der Waals surface area contributed by atoms with Gasteiger partial charge in [-0.2, -0.15) is 4.72 Å². The number of hydrogen-bond acceptors (Lipinski definition) is 5. The molecule has 0 aliphatic rings. The van der Waals surface area contributed by atoms with Crippen molar-refractivity contribution in [2.24, 2.45) is 7.05 Å². The minimum absolute atomic E-state index is 0.120. The maximum atomic E-state index is 13.1. The Morgan fingerprint density at radius 3 is 2.55 bits per heavy atom. The van der Waals surface area contributed by atoms with Gasteiger partial charge in [0.05, 0.1) is 10.4 Å². The number of amides is 1. The first-order chi connectivity index (χ1) is 15.7. The van der Waals surface area contributed by atoms with E-state index in [0.29, 0.717) is 16.2 Å². The largest absolute Gasteiger partial charge is 0.419 e. The number of fused-ring (bicyclic) bond motifs is 1. The number of carbonyl (C=O) groups excluding carboxylic acids is 1. The molecule has 170 valence electrons. The third-order valence-corrected chi connectivity index (χ3v) is 6.77. The zero-order chi connectivity index (χ0) is 23.6. The number of aryl methyl sites for hydroxylation is 1. The summed E-state index contributed by atoms with van der Waals surface area (Å²) >= 11 is 5.99. The van der Waals surface area contributed by atoms with Crippen LogP contribution in [0.4, 0.5) is 5.69 Å². The molecule has 0 aliphatic heterocycles. The molecule has 0 spiro atoms. The molecule has 0 unspecified atom stereocenters. The molecule has 0 fully saturated rings. The number of carbonyl (C=O) groups is 1. The van der Waals surface area contributed by atoms with Crippen molar-refractivity contribution in [3.8, 4) is 0 Å². The van der Waals surface area contributed by atoms with Crippen molar-refractivity contribution in [2.75, 3.05) is 5.32 Å². The number of hydrogen-bond donors (Lipinski definition) is 2. The molecule has 1 amide bonds. The lowest BCUT2D eigenvalue weighted by Gasteiger charge is -2.19. The molecule has 2 N–H and O–H groups in total. The normalized spacial score (nSPS) is 12.5. The van der Waals surface area contributed by atoms with Crippen molar-refractivity contribution in [3.63, 3.8) is 0 Å². The van der Waals surface area contributed by atoms with E-state index in [1.165, 1.54) is 29.8 Å². The third-order valence-electron chi connectivity index (χ3n) is 5.06. The van der Waals surface area contributed by atoms with Gasteiger partial charge in [-0.05, 0) is 42.3 Å². The smallest absolute Gasteiger partial charge is 0.408 e. The molecule has 0 saturated carbocycles. The van der Waals surface area contributed by atoms with Gasteiger partial charge in [-0.3, -0.25) is 9.36 Å². The summed E-state index contributed by atoms with van der Waals surface area (Å²) in [6.45, 7) is 0. The summed E-state index contributed by atoms with van der Waals surface area (Å²) < 4.78 is 35.1. The van der Waals surface area contributed by atoms with Crippen LogP contribution < -0.4 is 15.8 Å². The Hall–Kier alpha value is -3.40. The first-order valence-corrected chi connectivity index (χ1v) is 11.8. The number of sulfonamides is 1. The monoisotopic (exact) mass is 485 g/mol. The van der Waals surface area contributed by atoms with Gasteiger partial charge >= 0.3 is 5.76 Å². The molecule has 10 heteroatoms. The molecule has 1 atom stereocenters. The van der Waals surface area contributed by atoms with Crippen molar-refractivity contribution in [1.29, 1.82) is 0 Å². The third kappa shape index (κ3) is 5.16. The molecular weight excluding hydrogens is 466 g/mol. The number of anilines is 1. The Kier molecular flexibility index (Phi) is 6.37. The van der Waals surface area contributed by atoms with Crippen LogP contribution in [0.5, 0.6) is 0 Å². The van der Waals surface area contributed by atoms with Gasteiger partial charge in [0, 0.05) is 23.8 Å². The molecule has 33 heavy (non-hydrogen) atoms. The van der Waals surface area contributed by atoms with Crippen LogP contribution in [0.3, 0.4) is 0 Å². The number of rotatable bonds is 7. The Morgan fingerprint density at radius 1 is 1.06 bits per heavy atom. The summed E-state index contributed by atoms with van der Waals surface area (Å²) in [6.07, 6.45) is 0.120. The van der Waals surface area contributed by atoms with E-state index in [4.69, 9.17) is 16.0 Å². The Balaban J connectivity index is 1.64. The number of nitrogens with one attached hydrogen (secondary N) is 2. The number of halogens is 1. The maximum Gasteiger partial charge on any atom is 0.419 e. The molecule has 4 aromatic rings. The van der Waals surface area contributed by atoms with Gasteiger partial charge in [-0.25, -0.2) is 13.2 Å². The predicted molar refractivity (Wildman–Crippen MR) is 126 cm³/mol. The van der Waals surface area contributed by atoms with Crippen LogP contribution in [0.25, 0.3) is 11.1 Å². The zero-order valence-corrected chi connectivity index (χ0v) is 19.1. The van der Waals surface area contributed by atoms with Gasteiger partial charge < -0.3 is 9.73 Å². The van der Waals surface area contributed by atoms with Gasteiger partial charge in [-0.15, -0.1) is 0 Å². The van der Waals surface area contributed by atoms with Gasteiger partial charge in [0.2, 0.25) is 15.9 Å². The molecule has 1 aromatic heterocycles. The predicted octanol–water partition coefficient (Wildman–Crippen LogP) is 3.31. The summed E-state index contributed by atoms with van der Waals surface area (Å²) in [5, 5.41) is 3.14. The lowest BCUT2D eigenvalue weighted by Crippen LogP contribution is -2.45. The topological polar surface area (TPSA) is 110 Å². The average Bonchev–Trinajstić information content (AvgIpc) is 3.07. The van der Waals surface area contributed by atoms with Crippen LogP contribution in [0.15, 0.2) is 86.9 Å². The summed E-state index contributed by atoms with van der Waals surface area (Å²) in [5.74, 6) is -1.15. The molecule has 4 rings (SSSR count). The molecule has 0 aliphatic carbocycles. The average molecular weight is 486 g/mol. The summed E-state index contributed by atoms with van der Waals surface area (Å²) in [4.78, 5) is 24.7.